The third-order valence-corrected chi connectivity index (χ3v) is 5.43. The molecule has 156 valence electrons. The maximum absolute atomic E-state index is 13.1. The van der Waals surface area contributed by atoms with Crippen LogP contribution in [0.4, 0.5) is 0 Å². The number of aromatic nitrogens is 1. The molecule has 2 N–H and O–H groups in total. The molecule has 0 aliphatic carbocycles. The first-order valence-electron chi connectivity index (χ1n) is 8.97. The summed E-state index contributed by atoms with van der Waals surface area (Å²) in [6.07, 6.45) is 0. The number of rotatable bonds is 7. The average Bonchev–Trinajstić information content (AvgIpc) is 3.16. The Balaban J connectivity index is 0.00000196. The molecule has 0 radical (unpaired) electrons. The van der Waals surface area contributed by atoms with Gasteiger partial charge in [0.1, 0.15) is 10.7 Å². The normalized spacial score (nSPS) is 15.2. The van der Waals surface area contributed by atoms with Gasteiger partial charge in [-0.25, -0.2) is 4.98 Å². The number of hydrogen-bond acceptors (Lipinski definition) is 6. The van der Waals surface area contributed by atoms with E-state index in [1.54, 1.807) is 0 Å². The fourth-order valence-electron chi connectivity index (χ4n) is 3.11. The fourth-order valence-corrected chi connectivity index (χ4v) is 3.76. The molecule has 9 heteroatoms. The summed E-state index contributed by atoms with van der Waals surface area (Å²) in [6.45, 7) is 7.19. The second-order valence-corrected chi connectivity index (χ2v) is 7.45. The van der Waals surface area contributed by atoms with Crippen LogP contribution in [0.2, 0.25) is 0 Å². The summed E-state index contributed by atoms with van der Waals surface area (Å²) in [7, 11) is 0. The van der Waals surface area contributed by atoms with Crippen LogP contribution in [-0.4, -0.2) is 59.6 Å². The number of halogens is 2. The van der Waals surface area contributed by atoms with Crippen molar-refractivity contribution in [2.75, 3.05) is 32.8 Å². The average molecular weight is 447 g/mol. The minimum atomic E-state index is -0.0365. The number of carbonyl (C=O) groups is 1. The van der Waals surface area contributed by atoms with E-state index in [0.717, 1.165) is 43.4 Å². The van der Waals surface area contributed by atoms with Crippen LogP contribution in [0.3, 0.4) is 0 Å². The van der Waals surface area contributed by atoms with Crippen LogP contribution in [0.5, 0.6) is 0 Å². The van der Waals surface area contributed by atoms with Gasteiger partial charge in [0.15, 0.2) is 0 Å². The summed E-state index contributed by atoms with van der Waals surface area (Å²) >= 11 is 1.44. The highest BCUT2D eigenvalue weighted by Crippen LogP contribution is 2.17. The highest BCUT2D eigenvalue weighted by atomic mass is 35.5. The van der Waals surface area contributed by atoms with Crippen molar-refractivity contribution in [3.63, 3.8) is 0 Å². The van der Waals surface area contributed by atoms with E-state index >= 15 is 0 Å². The number of nitrogens with zero attached hydrogens (tertiary/aromatic N) is 3. The van der Waals surface area contributed by atoms with Gasteiger partial charge in [0.05, 0.1) is 13.2 Å². The third-order valence-electron chi connectivity index (χ3n) is 4.56. The van der Waals surface area contributed by atoms with E-state index < -0.39 is 0 Å². The molecule has 2 aromatic rings. The Hall–Kier alpha value is -1.22. The van der Waals surface area contributed by atoms with E-state index in [1.165, 1.54) is 11.3 Å². The second kappa shape index (κ2) is 12.4. The lowest BCUT2D eigenvalue weighted by molar-refractivity contribution is 0.0227. The molecule has 1 unspecified atom stereocenters. The Kier molecular flexibility index (Phi) is 11.0. The minimum absolute atomic E-state index is 0. The lowest BCUT2D eigenvalue weighted by atomic mass is 10.1. The van der Waals surface area contributed by atoms with E-state index in [9.17, 15) is 4.79 Å². The third kappa shape index (κ3) is 6.69. The van der Waals surface area contributed by atoms with Crippen molar-refractivity contribution in [2.24, 2.45) is 5.73 Å². The molecule has 1 aliphatic rings. The molecular weight excluding hydrogens is 419 g/mol. The summed E-state index contributed by atoms with van der Waals surface area (Å²) in [5.74, 6) is -0.0365. The Bertz CT molecular complexity index is 711. The molecule has 6 nitrogen and oxygen atoms in total. The first-order chi connectivity index (χ1) is 12.7. The molecule has 1 aliphatic heterocycles. The Morgan fingerprint density at radius 1 is 1.29 bits per heavy atom. The molecule has 0 spiro atoms. The molecule has 1 saturated heterocycles. The molecule has 1 amide bonds. The molecule has 1 fully saturated rings. The summed E-state index contributed by atoms with van der Waals surface area (Å²) in [5, 5.41) is 2.60. The number of carbonyl (C=O) groups excluding carboxylic acids is 1. The number of morpholine rings is 1. The number of ether oxygens (including phenoxy) is 1. The molecule has 28 heavy (non-hydrogen) atoms. The van der Waals surface area contributed by atoms with Gasteiger partial charge in [-0.3, -0.25) is 9.69 Å². The number of hydrogen-bond donors (Lipinski definition) is 1. The minimum Gasteiger partial charge on any atom is -0.379 e. The van der Waals surface area contributed by atoms with Crippen LogP contribution in [0, 0.1) is 0 Å². The van der Waals surface area contributed by atoms with Gasteiger partial charge in [0, 0.05) is 44.1 Å². The molecule has 0 bridgehead atoms. The predicted octanol–water partition coefficient (Wildman–Crippen LogP) is 2.81. The zero-order valence-corrected chi connectivity index (χ0v) is 18.4. The Labute approximate surface area is 182 Å². The van der Waals surface area contributed by atoms with Gasteiger partial charge in [-0.05, 0) is 12.5 Å². The van der Waals surface area contributed by atoms with Crippen molar-refractivity contribution in [3.05, 3.63) is 52.0 Å². The van der Waals surface area contributed by atoms with Crippen LogP contribution < -0.4 is 5.73 Å². The van der Waals surface area contributed by atoms with Gasteiger partial charge in [-0.15, -0.1) is 36.2 Å². The standard InChI is InChI=1S/C19H26N4O2S.2ClH/c1-15(12-22-7-9-25-10-8-22)23(13-16-5-3-2-4-6-16)19(24)17-14-26-18(11-20)21-17;;/h2-6,14-15H,7-13,20H2,1H3;2*1H. The Morgan fingerprint density at radius 2 is 1.96 bits per heavy atom. The van der Waals surface area contributed by atoms with Gasteiger partial charge in [-0.1, -0.05) is 30.3 Å². The predicted molar refractivity (Wildman–Crippen MR) is 118 cm³/mol. The zero-order valence-electron chi connectivity index (χ0n) is 16.0. The quantitative estimate of drug-likeness (QED) is 0.707. The monoisotopic (exact) mass is 446 g/mol. The maximum atomic E-state index is 13.1. The summed E-state index contributed by atoms with van der Waals surface area (Å²) in [5.41, 5.74) is 7.25. The van der Waals surface area contributed by atoms with Crippen molar-refractivity contribution in [1.29, 1.82) is 0 Å². The van der Waals surface area contributed by atoms with E-state index in [-0.39, 0.29) is 36.8 Å². The van der Waals surface area contributed by atoms with Crippen molar-refractivity contribution >= 4 is 42.1 Å². The first-order valence-corrected chi connectivity index (χ1v) is 9.85. The summed E-state index contributed by atoms with van der Waals surface area (Å²) < 4.78 is 5.43. The SMILES string of the molecule is CC(CN1CCOCC1)N(Cc1ccccc1)C(=O)c1csc(CN)n1.Cl.Cl. The number of thiazole rings is 1. The van der Waals surface area contributed by atoms with Crippen molar-refractivity contribution < 1.29 is 9.53 Å². The van der Waals surface area contributed by atoms with Gasteiger partial charge in [-0.2, -0.15) is 0 Å². The van der Waals surface area contributed by atoms with Crippen molar-refractivity contribution in [1.82, 2.24) is 14.8 Å². The van der Waals surface area contributed by atoms with Crippen molar-refractivity contribution in [3.8, 4) is 0 Å². The van der Waals surface area contributed by atoms with E-state index in [1.807, 2.05) is 40.6 Å². The van der Waals surface area contributed by atoms with Gasteiger partial charge >= 0.3 is 0 Å². The molecule has 1 aromatic heterocycles. The van der Waals surface area contributed by atoms with Gasteiger partial charge < -0.3 is 15.4 Å². The summed E-state index contributed by atoms with van der Waals surface area (Å²) in [4.78, 5) is 21.8. The van der Waals surface area contributed by atoms with Crippen LogP contribution in [0.1, 0.15) is 28.0 Å². The lowest BCUT2D eigenvalue weighted by Gasteiger charge is -2.35. The lowest BCUT2D eigenvalue weighted by Crippen LogP contribution is -2.48. The highest BCUT2D eigenvalue weighted by Gasteiger charge is 2.26. The van der Waals surface area contributed by atoms with Crippen LogP contribution in [-0.2, 0) is 17.8 Å². The van der Waals surface area contributed by atoms with Gasteiger partial charge in [0.25, 0.3) is 5.91 Å². The number of benzene rings is 1. The smallest absolute Gasteiger partial charge is 0.273 e. The fraction of sp³-hybridized carbons (Fsp3) is 0.474. The van der Waals surface area contributed by atoms with E-state index in [2.05, 4.69) is 16.8 Å². The highest BCUT2D eigenvalue weighted by molar-refractivity contribution is 7.09. The van der Waals surface area contributed by atoms with E-state index in [4.69, 9.17) is 10.5 Å². The van der Waals surface area contributed by atoms with Gasteiger partial charge in [0.2, 0.25) is 0 Å². The molecule has 1 atom stereocenters. The van der Waals surface area contributed by atoms with Crippen LogP contribution in [0.25, 0.3) is 0 Å². The van der Waals surface area contributed by atoms with E-state index in [0.29, 0.717) is 18.8 Å². The molecule has 1 aromatic carbocycles. The number of amides is 1. The summed E-state index contributed by atoms with van der Waals surface area (Å²) in [6, 6.07) is 10.2. The number of nitrogens with two attached hydrogens (primary N) is 1. The zero-order chi connectivity index (χ0) is 18.4. The largest absolute Gasteiger partial charge is 0.379 e. The topological polar surface area (TPSA) is 71.7 Å². The molecule has 3 rings (SSSR count). The van der Waals surface area contributed by atoms with Crippen LogP contribution in [0.15, 0.2) is 35.7 Å². The molecule has 2 heterocycles. The molecular formula is C19H28Cl2N4O2S. The second-order valence-electron chi connectivity index (χ2n) is 6.51. The Morgan fingerprint density at radius 3 is 2.57 bits per heavy atom. The first kappa shape index (κ1) is 24.8. The molecule has 0 saturated carbocycles. The maximum Gasteiger partial charge on any atom is 0.273 e. The van der Waals surface area contributed by atoms with Crippen molar-refractivity contribution in [2.45, 2.75) is 26.1 Å². The van der Waals surface area contributed by atoms with Crippen LogP contribution >= 0.6 is 36.2 Å².